The molecule has 1 aromatic heterocycles. The Balaban J connectivity index is 2.31. The molecule has 1 heterocycles. The standard InChI is InChI=1S/C12H14N2O2S/c1-12(2,3)10(15)13-7-4-5-8-9(6-7)17-11(16)14-8/h4-6H,1-3H3,(H,13,15)(H,14,16). The molecule has 0 atom stereocenters. The number of carbonyl (C=O) groups is 1. The number of aromatic nitrogens is 1. The van der Waals surface area contributed by atoms with Gasteiger partial charge in [-0.15, -0.1) is 0 Å². The number of anilines is 1. The molecule has 2 aromatic rings. The second-order valence-corrected chi connectivity index (χ2v) is 5.94. The second kappa shape index (κ2) is 4.00. The quantitative estimate of drug-likeness (QED) is 0.817. The van der Waals surface area contributed by atoms with Crippen molar-refractivity contribution >= 4 is 33.1 Å². The molecule has 0 aliphatic rings. The fraction of sp³-hybridized carbons (Fsp3) is 0.333. The molecule has 0 aliphatic carbocycles. The normalized spacial score (nSPS) is 11.7. The van der Waals surface area contributed by atoms with Crippen molar-refractivity contribution < 1.29 is 4.79 Å². The first-order chi connectivity index (χ1) is 7.86. The molecule has 2 rings (SSSR count). The van der Waals surface area contributed by atoms with Gasteiger partial charge >= 0.3 is 4.87 Å². The van der Waals surface area contributed by atoms with Gasteiger partial charge in [-0.2, -0.15) is 0 Å². The topological polar surface area (TPSA) is 62.0 Å². The fourth-order valence-electron chi connectivity index (χ4n) is 1.34. The number of rotatable bonds is 1. The number of fused-ring (bicyclic) bond motifs is 1. The van der Waals surface area contributed by atoms with Crippen molar-refractivity contribution in [3.8, 4) is 0 Å². The van der Waals surface area contributed by atoms with E-state index >= 15 is 0 Å². The van der Waals surface area contributed by atoms with E-state index in [2.05, 4.69) is 10.3 Å². The van der Waals surface area contributed by atoms with Crippen LogP contribution in [0.3, 0.4) is 0 Å². The Hall–Kier alpha value is -1.62. The molecule has 4 nitrogen and oxygen atoms in total. The largest absolute Gasteiger partial charge is 0.326 e. The van der Waals surface area contributed by atoms with Gasteiger partial charge in [0.2, 0.25) is 5.91 Å². The average Bonchev–Trinajstić information content (AvgIpc) is 2.55. The Morgan fingerprint density at radius 2 is 2.06 bits per heavy atom. The molecule has 5 heteroatoms. The van der Waals surface area contributed by atoms with Crippen LogP contribution in [0.15, 0.2) is 23.0 Å². The Morgan fingerprint density at radius 3 is 2.71 bits per heavy atom. The maximum Gasteiger partial charge on any atom is 0.305 e. The highest BCUT2D eigenvalue weighted by molar-refractivity contribution is 7.16. The SMILES string of the molecule is CC(C)(C)C(=O)Nc1ccc2[nH]c(=O)sc2c1. The van der Waals surface area contributed by atoms with Crippen molar-refractivity contribution in [1.29, 1.82) is 0 Å². The van der Waals surface area contributed by atoms with Gasteiger partial charge in [-0.05, 0) is 18.2 Å². The number of aromatic amines is 1. The summed E-state index contributed by atoms with van der Waals surface area (Å²) in [5, 5.41) is 2.84. The summed E-state index contributed by atoms with van der Waals surface area (Å²) in [6.07, 6.45) is 0. The fourth-order valence-corrected chi connectivity index (χ4v) is 2.12. The van der Waals surface area contributed by atoms with Crippen LogP contribution in [-0.4, -0.2) is 10.9 Å². The minimum absolute atomic E-state index is 0.0419. The molecule has 0 unspecified atom stereocenters. The summed E-state index contributed by atoms with van der Waals surface area (Å²) in [4.78, 5) is 25.6. The molecule has 0 aliphatic heterocycles. The molecule has 90 valence electrons. The zero-order valence-electron chi connectivity index (χ0n) is 9.96. The Morgan fingerprint density at radius 1 is 1.35 bits per heavy atom. The first-order valence-corrected chi connectivity index (χ1v) is 6.12. The van der Waals surface area contributed by atoms with Crippen molar-refractivity contribution in [3.63, 3.8) is 0 Å². The van der Waals surface area contributed by atoms with Crippen LogP contribution in [0.5, 0.6) is 0 Å². The third-order valence-corrected chi connectivity index (χ3v) is 3.21. The van der Waals surface area contributed by atoms with E-state index in [0.717, 1.165) is 21.6 Å². The van der Waals surface area contributed by atoms with Crippen LogP contribution in [0.1, 0.15) is 20.8 Å². The Kier molecular flexibility index (Phi) is 2.79. The maximum atomic E-state index is 11.8. The zero-order valence-corrected chi connectivity index (χ0v) is 10.8. The molecule has 0 bridgehead atoms. The van der Waals surface area contributed by atoms with Gasteiger partial charge in [0.15, 0.2) is 0 Å². The number of hydrogen-bond acceptors (Lipinski definition) is 3. The number of amides is 1. The van der Waals surface area contributed by atoms with Crippen LogP contribution < -0.4 is 10.2 Å². The predicted octanol–water partition coefficient (Wildman–Crippen LogP) is 2.57. The van der Waals surface area contributed by atoms with Crippen LogP contribution in [0.4, 0.5) is 5.69 Å². The van der Waals surface area contributed by atoms with E-state index in [1.54, 1.807) is 12.1 Å². The van der Waals surface area contributed by atoms with Gasteiger partial charge in [0, 0.05) is 11.1 Å². The number of thiazole rings is 1. The summed E-state index contributed by atoms with van der Waals surface area (Å²) >= 11 is 1.14. The van der Waals surface area contributed by atoms with Gasteiger partial charge in [0.1, 0.15) is 0 Å². The summed E-state index contributed by atoms with van der Waals surface area (Å²) in [6.45, 7) is 5.57. The van der Waals surface area contributed by atoms with E-state index in [4.69, 9.17) is 0 Å². The average molecular weight is 250 g/mol. The smallest absolute Gasteiger partial charge is 0.305 e. The second-order valence-electron chi connectivity index (χ2n) is 4.93. The zero-order chi connectivity index (χ0) is 12.6. The Bertz CT molecular complexity index is 619. The van der Waals surface area contributed by atoms with Crippen LogP contribution in [0.25, 0.3) is 10.2 Å². The molecule has 2 N–H and O–H groups in total. The van der Waals surface area contributed by atoms with E-state index in [-0.39, 0.29) is 10.8 Å². The highest BCUT2D eigenvalue weighted by Gasteiger charge is 2.21. The van der Waals surface area contributed by atoms with E-state index in [0.29, 0.717) is 5.69 Å². The summed E-state index contributed by atoms with van der Waals surface area (Å²) in [5.74, 6) is -0.0419. The minimum atomic E-state index is -0.430. The lowest BCUT2D eigenvalue weighted by Gasteiger charge is -2.17. The molecule has 1 amide bonds. The molecule has 0 radical (unpaired) electrons. The van der Waals surface area contributed by atoms with Crippen LogP contribution in [0.2, 0.25) is 0 Å². The van der Waals surface area contributed by atoms with Gasteiger partial charge in [0.05, 0.1) is 10.2 Å². The van der Waals surface area contributed by atoms with Crippen molar-refractivity contribution in [2.75, 3.05) is 5.32 Å². The number of hydrogen-bond donors (Lipinski definition) is 2. The van der Waals surface area contributed by atoms with Crippen molar-refractivity contribution in [2.24, 2.45) is 5.41 Å². The highest BCUT2D eigenvalue weighted by Crippen LogP contribution is 2.22. The summed E-state index contributed by atoms with van der Waals surface area (Å²) in [5.41, 5.74) is 1.08. The van der Waals surface area contributed by atoms with Crippen molar-refractivity contribution in [1.82, 2.24) is 4.98 Å². The van der Waals surface area contributed by atoms with Gasteiger partial charge in [-0.1, -0.05) is 32.1 Å². The number of H-pyrrole nitrogens is 1. The molecular formula is C12H14N2O2S. The van der Waals surface area contributed by atoms with Gasteiger partial charge in [-0.25, -0.2) is 0 Å². The van der Waals surface area contributed by atoms with Crippen LogP contribution in [-0.2, 0) is 4.79 Å². The third-order valence-electron chi connectivity index (χ3n) is 2.36. The number of benzene rings is 1. The summed E-state index contributed by atoms with van der Waals surface area (Å²) in [6, 6.07) is 5.39. The molecule has 0 spiro atoms. The lowest BCUT2D eigenvalue weighted by atomic mass is 9.95. The lowest BCUT2D eigenvalue weighted by Crippen LogP contribution is -2.27. The van der Waals surface area contributed by atoms with Crippen LogP contribution >= 0.6 is 11.3 Å². The lowest BCUT2D eigenvalue weighted by molar-refractivity contribution is -0.123. The highest BCUT2D eigenvalue weighted by atomic mass is 32.1. The Labute approximate surface area is 103 Å². The number of carbonyl (C=O) groups excluding carboxylic acids is 1. The van der Waals surface area contributed by atoms with Crippen molar-refractivity contribution in [3.05, 3.63) is 27.9 Å². The molecule has 0 saturated carbocycles. The third kappa shape index (κ3) is 2.55. The van der Waals surface area contributed by atoms with E-state index in [1.807, 2.05) is 26.8 Å². The number of nitrogens with one attached hydrogen (secondary N) is 2. The molecular weight excluding hydrogens is 236 g/mol. The van der Waals surface area contributed by atoms with E-state index in [9.17, 15) is 9.59 Å². The molecule has 0 fully saturated rings. The first kappa shape index (κ1) is 11.9. The molecule has 17 heavy (non-hydrogen) atoms. The summed E-state index contributed by atoms with van der Waals surface area (Å²) < 4.78 is 0.849. The minimum Gasteiger partial charge on any atom is -0.326 e. The van der Waals surface area contributed by atoms with Crippen LogP contribution in [0, 0.1) is 5.41 Å². The monoisotopic (exact) mass is 250 g/mol. The maximum absolute atomic E-state index is 11.8. The first-order valence-electron chi connectivity index (χ1n) is 5.30. The van der Waals surface area contributed by atoms with Gasteiger partial charge in [-0.3, -0.25) is 9.59 Å². The van der Waals surface area contributed by atoms with E-state index in [1.165, 1.54) is 0 Å². The predicted molar refractivity (Wildman–Crippen MR) is 70.5 cm³/mol. The van der Waals surface area contributed by atoms with Crippen molar-refractivity contribution in [2.45, 2.75) is 20.8 Å². The van der Waals surface area contributed by atoms with Gasteiger partial charge < -0.3 is 10.3 Å². The molecule has 0 saturated heterocycles. The van der Waals surface area contributed by atoms with E-state index < -0.39 is 5.41 Å². The van der Waals surface area contributed by atoms with Gasteiger partial charge in [0.25, 0.3) is 0 Å². The summed E-state index contributed by atoms with van der Waals surface area (Å²) in [7, 11) is 0. The molecule has 1 aromatic carbocycles.